The number of hydrogen-bond donors (Lipinski definition) is 3. The Labute approximate surface area is 248 Å². The van der Waals surface area contributed by atoms with E-state index in [9.17, 15) is 13.2 Å². The average Bonchev–Trinajstić information content (AvgIpc) is 2.87. The van der Waals surface area contributed by atoms with Crippen LogP contribution in [0.25, 0.3) is 0 Å². The molecule has 1 saturated carbocycles. The van der Waals surface area contributed by atoms with Gasteiger partial charge in [-0.3, -0.25) is 0 Å². The fraction of sp³-hybridized carbons (Fsp3) is 0.500. The number of hydrogen-bond acceptors (Lipinski definition) is 6. The molecule has 1 amide bonds. The van der Waals surface area contributed by atoms with Gasteiger partial charge in [0.15, 0.2) is 5.88 Å². The maximum absolute atomic E-state index is 12.9. The summed E-state index contributed by atoms with van der Waals surface area (Å²) in [5.41, 5.74) is -0.545. The van der Waals surface area contributed by atoms with E-state index in [4.69, 9.17) is 26.1 Å². The lowest BCUT2D eigenvalue weighted by atomic mass is 9.92. The van der Waals surface area contributed by atoms with E-state index in [1.165, 1.54) is 25.4 Å². The number of aliphatic imine (C=N–C) groups is 2. The van der Waals surface area contributed by atoms with Crippen molar-refractivity contribution < 1.29 is 22.7 Å². The molecule has 13 heteroatoms. The maximum atomic E-state index is 12.9. The van der Waals surface area contributed by atoms with E-state index in [2.05, 4.69) is 38.5 Å². The second kappa shape index (κ2) is 15.6. The van der Waals surface area contributed by atoms with Gasteiger partial charge >= 0.3 is 6.09 Å². The molecule has 2 rings (SSSR count). The summed E-state index contributed by atoms with van der Waals surface area (Å²) in [6.45, 7) is 14.8. The number of ether oxygens (including phenoxy) is 2. The zero-order valence-corrected chi connectivity index (χ0v) is 25.9. The first kappa shape index (κ1) is 33.8. The number of nitrogens with zero attached hydrogens (tertiary/aromatic N) is 3. The molecule has 3 N–H and O–H groups in total. The van der Waals surface area contributed by atoms with Gasteiger partial charge in [0.1, 0.15) is 16.3 Å². The predicted octanol–water partition coefficient (Wildman–Crippen LogP) is 5.16. The SMILES string of the molecule is C=CNC(N=CC(C)CC(=NS(=O)(=O)c1ccccc1Cl)NC(=C)OC)=NC1CCC(NC(=O)OC(C)(C)C)CC1. The van der Waals surface area contributed by atoms with Gasteiger partial charge in [0.05, 0.1) is 18.2 Å². The van der Waals surface area contributed by atoms with Crippen molar-refractivity contribution in [1.29, 1.82) is 0 Å². The Morgan fingerprint density at radius 1 is 1.22 bits per heavy atom. The van der Waals surface area contributed by atoms with Gasteiger partial charge in [0.2, 0.25) is 5.96 Å². The minimum absolute atomic E-state index is 0.0196. The smallest absolute Gasteiger partial charge is 0.407 e. The Morgan fingerprint density at radius 2 is 1.88 bits per heavy atom. The molecule has 1 aliphatic rings. The molecule has 0 saturated heterocycles. The van der Waals surface area contributed by atoms with Crippen molar-refractivity contribution in [3.8, 4) is 0 Å². The van der Waals surface area contributed by atoms with E-state index in [0.717, 1.165) is 25.7 Å². The predicted molar refractivity (Wildman–Crippen MR) is 164 cm³/mol. The van der Waals surface area contributed by atoms with Crippen LogP contribution in [0.15, 0.2) is 68.8 Å². The fourth-order valence-electron chi connectivity index (χ4n) is 3.92. The molecule has 1 atom stereocenters. The maximum Gasteiger partial charge on any atom is 0.407 e. The number of nitrogens with one attached hydrogen (secondary N) is 3. The number of carbonyl (C=O) groups excluding carboxylic acids is 1. The Bertz CT molecular complexity index is 1260. The van der Waals surface area contributed by atoms with Gasteiger partial charge in [0.25, 0.3) is 10.0 Å². The van der Waals surface area contributed by atoms with Crippen LogP contribution in [-0.2, 0) is 19.5 Å². The van der Waals surface area contributed by atoms with Crippen LogP contribution in [0.3, 0.4) is 0 Å². The standard InChI is InChI=1S/C28H41ClN6O5S/c1-8-30-26(33-21-13-15-22(16-14-21)34-27(36)40-28(4,5)6)31-18-19(2)17-25(32-20(3)39-7)35-41(37,38)24-12-10-9-11-23(24)29/h8-12,18-19,21-22H,1,3,13-17H2,2,4-7H3,(H,30,33)(H,32,35)(H,34,36). The molecule has 1 aliphatic carbocycles. The van der Waals surface area contributed by atoms with E-state index in [1.54, 1.807) is 18.3 Å². The number of guanidine groups is 1. The van der Waals surface area contributed by atoms with Gasteiger partial charge < -0.3 is 25.4 Å². The fourth-order valence-corrected chi connectivity index (χ4v) is 5.42. The molecule has 0 aromatic heterocycles. The summed E-state index contributed by atoms with van der Waals surface area (Å²) in [5.74, 6) is 0.376. The Morgan fingerprint density at radius 3 is 2.46 bits per heavy atom. The van der Waals surface area contributed by atoms with Gasteiger partial charge in [-0.25, -0.2) is 14.8 Å². The topological polar surface area (TPSA) is 143 Å². The molecule has 0 bridgehead atoms. The molecule has 0 heterocycles. The van der Waals surface area contributed by atoms with Crippen molar-refractivity contribution in [2.24, 2.45) is 20.3 Å². The summed E-state index contributed by atoms with van der Waals surface area (Å²) in [6, 6.07) is 6.13. The molecule has 1 aromatic rings. The highest BCUT2D eigenvalue weighted by Gasteiger charge is 2.25. The number of alkyl carbamates (subject to hydrolysis) is 1. The lowest BCUT2D eigenvalue weighted by Gasteiger charge is -2.28. The van der Waals surface area contributed by atoms with Crippen LogP contribution in [-0.4, -0.2) is 57.3 Å². The van der Waals surface area contributed by atoms with Crippen molar-refractivity contribution in [3.05, 3.63) is 54.5 Å². The van der Waals surface area contributed by atoms with Gasteiger partial charge in [0, 0.05) is 18.7 Å². The van der Waals surface area contributed by atoms with E-state index in [0.29, 0.717) is 5.96 Å². The third-order valence-corrected chi connectivity index (χ3v) is 7.61. The zero-order chi connectivity index (χ0) is 30.6. The lowest BCUT2D eigenvalue weighted by molar-refractivity contribution is 0.0491. The molecular weight excluding hydrogens is 568 g/mol. The third kappa shape index (κ3) is 12.3. The normalized spacial score (nSPS) is 19.3. The first-order chi connectivity index (χ1) is 19.2. The molecule has 0 spiro atoms. The number of carbonyl (C=O) groups is 1. The Kier molecular flexibility index (Phi) is 12.8. The van der Waals surface area contributed by atoms with Crippen LogP contribution >= 0.6 is 11.6 Å². The zero-order valence-electron chi connectivity index (χ0n) is 24.3. The summed E-state index contributed by atoms with van der Waals surface area (Å²) in [5, 5.41) is 8.75. The molecule has 226 valence electrons. The molecule has 41 heavy (non-hydrogen) atoms. The van der Waals surface area contributed by atoms with Crippen LogP contribution < -0.4 is 16.0 Å². The number of amidine groups is 1. The van der Waals surface area contributed by atoms with E-state index in [1.807, 2.05) is 27.7 Å². The quantitative estimate of drug-likeness (QED) is 0.189. The van der Waals surface area contributed by atoms with Gasteiger partial charge in [-0.05, 0) is 77.3 Å². The highest BCUT2D eigenvalue weighted by Crippen LogP contribution is 2.24. The van der Waals surface area contributed by atoms with Crippen LogP contribution in [0.4, 0.5) is 4.79 Å². The second-order valence-corrected chi connectivity index (χ2v) is 12.6. The van der Waals surface area contributed by atoms with Crippen molar-refractivity contribution >= 4 is 45.7 Å². The molecular formula is C28H41ClN6O5S. The number of benzene rings is 1. The largest absolute Gasteiger partial charge is 0.483 e. The first-order valence-corrected chi connectivity index (χ1v) is 15.1. The van der Waals surface area contributed by atoms with Crippen LogP contribution in [0, 0.1) is 5.92 Å². The molecule has 1 unspecified atom stereocenters. The molecule has 0 radical (unpaired) electrons. The van der Waals surface area contributed by atoms with Crippen LogP contribution in [0.2, 0.25) is 5.02 Å². The van der Waals surface area contributed by atoms with Crippen LogP contribution in [0.5, 0.6) is 0 Å². The van der Waals surface area contributed by atoms with Crippen molar-refractivity contribution in [1.82, 2.24) is 16.0 Å². The summed E-state index contributed by atoms with van der Waals surface area (Å²) in [4.78, 5) is 21.2. The summed E-state index contributed by atoms with van der Waals surface area (Å²) < 4.78 is 40.3. The molecule has 0 aliphatic heterocycles. The second-order valence-electron chi connectivity index (χ2n) is 10.6. The van der Waals surface area contributed by atoms with E-state index < -0.39 is 21.7 Å². The van der Waals surface area contributed by atoms with Crippen LogP contribution in [0.1, 0.15) is 59.8 Å². The number of rotatable bonds is 10. The Hall–Kier alpha value is -3.38. The molecule has 1 fully saturated rings. The van der Waals surface area contributed by atoms with Gasteiger partial charge in [-0.15, -0.1) is 4.40 Å². The Balaban J connectivity index is 2.09. The summed E-state index contributed by atoms with van der Waals surface area (Å²) in [6.07, 6.45) is 5.99. The monoisotopic (exact) mass is 608 g/mol. The van der Waals surface area contributed by atoms with Gasteiger partial charge in [-0.1, -0.05) is 37.2 Å². The number of methoxy groups -OCH3 is 1. The average molecular weight is 609 g/mol. The van der Waals surface area contributed by atoms with Crippen molar-refractivity contribution in [2.45, 2.75) is 82.4 Å². The lowest BCUT2D eigenvalue weighted by Crippen LogP contribution is -2.41. The molecule has 11 nitrogen and oxygen atoms in total. The summed E-state index contributed by atoms with van der Waals surface area (Å²) >= 11 is 6.09. The van der Waals surface area contributed by atoms with Crippen molar-refractivity contribution in [3.63, 3.8) is 0 Å². The summed E-state index contributed by atoms with van der Waals surface area (Å²) in [7, 11) is -2.69. The van der Waals surface area contributed by atoms with Crippen molar-refractivity contribution in [2.75, 3.05) is 7.11 Å². The van der Waals surface area contributed by atoms with Gasteiger partial charge in [-0.2, -0.15) is 8.42 Å². The third-order valence-electron chi connectivity index (χ3n) is 5.80. The number of halogens is 1. The minimum Gasteiger partial charge on any atom is -0.483 e. The van der Waals surface area contributed by atoms with E-state index >= 15 is 0 Å². The number of amides is 1. The molecule has 1 aromatic carbocycles. The number of sulfonamides is 1. The minimum atomic E-state index is -4.10. The first-order valence-electron chi connectivity index (χ1n) is 13.3. The highest BCUT2D eigenvalue weighted by molar-refractivity contribution is 7.90. The highest BCUT2D eigenvalue weighted by atomic mass is 35.5. The van der Waals surface area contributed by atoms with E-state index in [-0.39, 0.29) is 46.1 Å².